The van der Waals surface area contributed by atoms with Gasteiger partial charge in [-0.1, -0.05) is 127 Å². The molecule has 0 N–H and O–H groups in total. The molecule has 96 heavy (non-hydrogen) atoms. The molecule has 0 aliphatic carbocycles. The normalized spacial score (nSPS) is 14.9. The summed E-state index contributed by atoms with van der Waals surface area (Å²) in [6.45, 7) is 30.9. The maximum absolute atomic E-state index is 13.9. The van der Waals surface area contributed by atoms with Crippen molar-refractivity contribution in [3.8, 4) is 0 Å². The number of aryl methyl sites for hydroxylation is 4. The molecule has 1 saturated heterocycles. The molecule has 26 heteroatoms. The van der Waals surface area contributed by atoms with E-state index < -0.39 is 47.0 Å². The summed E-state index contributed by atoms with van der Waals surface area (Å²) in [6, 6.07) is 22.1. The zero-order chi connectivity index (χ0) is 71.0. The second kappa shape index (κ2) is 33.8. The Kier molecular flexibility index (Phi) is 28.5. The average Bonchev–Trinajstić information content (AvgIpc) is 0.786. The minimum absolute atomic E-state index is 0. The average molecular weight is 1490 g/mol. The van der Waals surface area contributed by atoms with Crippen molar-refractivity contribution in [2.24, 2.45) is 20.0 Å². The molecule has 523 valence electrons. The Labute approximate surface area is 585 Å². The van der Waals surface area contributed by atoms with E-state index in [4.69, 9.17) is 53.4 Å². The van der Waals surface area contributed by atoms with Gasteiger partial charge in [-0.05, 0) is 171 Å². The van der Waals surface area contributed by atoms with Gasteiger partial charge in [0.2, 0.25) is 0 Å². The van der Waals surface area contributed by atoms with E-state index in [1.54, 1.807) is 60.6 Å². The summed E-state index contributed by atoms with van der Waals surface area (Å²) in [5.41, 5.74) is 3.14. The standard InChI is InChI=1S/2C35H38ClF6N4.3ClH.Fe/c2*1-20(2)28-10-8-11-29(21(3)4)32(28)43-24(7)45-12-9-13-46(19-45)33(44-31-23(6)14-22(5)15-30(31)36)25-16-26(34(37,38)39)18-27(17-25)35(40,41)42;;;;/h2*8,10-11,14-21H,9,12-13H2,1-7H3;3*1H;/q-1;+1;;;;+3/p-3. The first kappa shape index (κ1) is 80.9. The second-order valence-electron chi connectivity index (χ2n) is 24.6. The van der Waals surface area contributed by atoms with Crippen LogP contribution < -0.4 is 12.4 Å². The van der Waals surface area contributed by atoms with Crippen molar-refractivity contribution in [1.82, 2.24) is 14.7 Å². The van der Waals surface area contributed by atoms with Gasteiger partial charge in [0.15, 0.2) is 17.9 Å². The molecule has 0 aromatic heterocycles. The zero-order valence-corrected chi connectivity index (χ0v) is 60.2. The van der Waals surface area contributed by atoms with Gasteiger partial charge in [-0.3, -0.25) is 4.90 Å². The Hall–Kier alpha value is -5.80. The third-order valence-electron chi connectivity index (χ3n) is 15.7. The first-order valence-electron chi connectivity index (χ1n) is 30.4. The minimum atomic E-state index is -5.02. The van der Waals surface area contributed by atoms with Crippen LogP contribution in [0.25, 0.3) is 0 Å². The molecule has 1 fully saturated rings. The first-order chi connectivity index (χ1) is 44.1. The maximum atomic E-state index is 13.9. The monoisotopic (exact) mass is 1490 g/mol. The Morgan fingerprint density at radius 2 is 0.844 bits per heavy atom. The van der Waals surface area contributed by atoms with Crippen molar-refractivity contribution in [3.05, 3.63) is 192 Å². The summed E-state index contributed by atoms with van der Waals surface area (Å²) in [7, 11) is 9.53. The fourth-order valence-corrected chi connectivity index (χ4v) is 11.7. The van der Waals surface area contributed by atoms with E-state index in [9.17, 15) is 52.7 Å². The zero-order valence-electron chi connectivity index (χ0n) is 55.3. The number of alkyl halides is 12. The van der Waals surface area contributed by atoms with Crippen molar-refractivity contribution in [1.29, 1.82) is 0 Å². The summed E-state index contributed by atoms with van der Waals surface area (Å²) < 4.78 is 169. The fourth-order valence-electron chi connectivity index (χ4n) is 11.0. The van der Waals surface area contributed by atoms with Crippen molar-refractivity contribution in [2.45, 2.75) is 158 Å². The van der Waals surface area contributed by atoms with Crippen LogP contribution in [0.3, 0.4) is 0 Å². The molecule has 0 saturated carbocycles. The van der Waals surface area contributed by atoms with Crippen LogP contribution in [0.2, 0.25) is 10.0 Å². The van der Waals surface area contributed by atoms with Gasteiger partial charge in [0.1, 0.15) is 5.84 Å². The van der Waals surface area contributed by atoms with E-state index in [2.05, 4.69) is 65.4 Å². The number of hydrogen-bond acceptors (Lipinski definition) is 4. The number of amidine groups is 4. The number of rotatable bonds is 10. The molecule has 0 atom stereocenters. The Balaban J connectivity index is 0.000000330. The summed E-state index contributed by atoms with van der Waals surface area (Å²) >= 11 is 13.3. The molecule has 0 amide bonds. The van der Waals surface area contributed by atoms with Gasteiger partial charge in [0.25, 0.3) is 5.84 Å². The van der Waals surface area contributed by atoms with Crippen LogP contribution in [0.5, 0.6) is 0 Å². The first-order valence-corrected chi connectivity index (χ1v) is 34.2. The predicted octanol–water partition coefficient (Wildman–Crippen LogP) is 20.4. The molecule has 2 heterocycles. The van der Waals surface area contributed by atoms with Crippen LogP contribution in [0.1, 0.15) is 184 Å². The number of para-hydroxylation sites is 2. The third-order valence-corrected chi connectivity index (χ3v) is 16.3. The van der Waals surface area contributed by atoms with Crippen LogP contribution in [0.15, 0.2) is 117 Å². The van der Waals surface area contributed by atoms with Gasteiger partial charge in [-0.25, -0.2) is 19.6 Å². The molecule has 8 rings (SSSR count). The van der Waals surface area contributed by atoms with Crippen LogP contribution >= 0.6 is 43.4 Å². The van der Waals surface area contributed by atoms with E-state index in [0.29, 0.717) is 86.1 Å². The quantitative estimate of drug-likeness (QED) is 0.0343. The molecule has 0 unspecified atom stereocenters. The van der Waals surface area contributed by atoms with E-state index in [1.807, 2.05) is 73.9 Å². The number of hydrogen-bond donors (Lipinski definition) is 0. The van der Waals surface area contributed by atoms with Gasteiger partial charge >= 0.3 is 58.0 Å². The van der Waals surface area contributed by atoms with Gasteiger partial charge in [0.05, 0.1) is 73.8 Å². The molecular formula is C70H76Cl5F12FeN8. The van der Waals surface area contributed by atoms with Crippen molar-refractivity contribution < 1.29 is 82.8 Å². The van der Waals surface area contributed by atoms with Gasteiger partial charge in [-0.2, -0.15) is 59.4 Å². The number of benzene rings is 6. The summed E-state index contributed by atoms with van der Waals surface area (Å²) in [5, 5.41) is 0.465. The topological polar surface area (TPSA) is 62.2 Å². The number of nitrogens with zero attached hydrogens (tertiary/aromatic N) is 8. The van der Waals surface area contributed by atoms with Gasteiger partial charge in [0, 0.05) is 18.9 Å². The number of halogens is 17. The molecule has 6 aromatic rings. The van der Waals surface area contributed by atoms with Gasteiger partial charge < -0.3 is 22.2 Å². The molecule has 8 nitrogen and oxygen atoms in total. The predicted molar refractivity (Wildman–Crippen MR) is 358 cm³/mol. The van der Waals surface area contributed by atoms with Crippen LogP contribution in [-0.2, 0) is 37.8 Å². The van der Waals surface area contributed by atoms with Crippen LogP contribution in [0.4, 0.5) is 75.4 Å². The molecule has 6 aromatic carbocycles. The van der Waals surface area contributed by atoms with Crippen molar-refractivity contribution in [2.75, 3.05) is 26.2 Å². The summed E-state index contributed by atoms with van der Waals surface area (Å²) in [4.78, 5) is 24.7. The third kappa shape index (κ3) is 21.1. The molecule has 2 aliphatic rings. The van der Waals surface area contributed by atoms with Crippen LogP contribution in [-0.4, -0.2) is 75.1 Å². The summed E-state index contributed by atoms with van der Waals surface area (Å²) in [6.07, 6.45) is -17.3. The van der Waals surface area contributed by atoms with Crippen molar-refractivity contribution in [3.63, 3.8) is 0 Å². The molecule has 2 aliphatic heterocycles. The number of aliphatic imine (C=N–C) groups is 4. The van der Waals surface area contributed by atoms with E-state index >= 15 is 0 Å². The van der Waals surface area contributed by atoms with Crippen LogP contribution in [0, 0.1) is 34.4 Å². The molecule has 0 spiro atoms. The second-order valence-corrected chi connectivity index (χ2v) is 27.2. The van der Waals surface area contributed by atoms with E-state index in [-0.39, 0.29) is 106 Å². The Morgan fingerprint density at radius 3 is 1.22 bits per heavy atom. The van der Waals surface area contributed by atoms with E-state index in [0.717, 1.165) is 44.8 Å². The van der Waals surface area contributed by atoms with E-state index in [1.165, 1.54) is 0 Å². The molecule has 0 bridgehead atoms. The Morgan fingerprint density at radius 1 is 0.479 bits per heavy atom. The SMILES string of the molecule is CC(=Nc1c(C(C)C)cccc1C(C)C)N1C=[N+](C(=Nc2c(C)cc(C)cc2Cl)c2cc(C(F)(F)F)cc(C(F)(F)F)c2)CCC1.CC(=Nc1c(C(C)C)cccc1C(C)C)N1[CH-]N(C(=Nc2c(C)cc(C)cc2Cl)c2cc(C(F)(F)F)cc(C(F)(F)F)c2)CCC1.[Cl-].[Cl][Fe+][Cl]. The molecular weight excluding hydrogens is 1410 g/mol. The van der Waals surface area contributed by atoms with Crippen molar-refractivity contribution >= 4 is 95.8 Å². The fraction of sp³-hybridized carbons (Fsp3) is 0.400. The molecule has 0 radical (unpaired) electrons. The van der Waals surface area contributed by atoms with Gasteiger partial charge in [-0.15, -0.1) is 4.99 Å². The summed E-state index contributed by atoms with van der Waals surface area (Å²) in [5.74, 6) is 1.90. The Bertz CT molecular complexity index is 3710.